The number of rotatable bonds is 3. The van der Waals surface area contributed by atoms with E-state index in [2.05, 4.69) is 4.98 Å². The number of benzene rings is 1. The van der Waals surface area contributed by atoms with Crippen LogP contribution < -0.4 is 16.0 Å². The van der Waals surface area contributed by atoms with Crippen LogP contribution in [0, 0.1) is 6.92 Å². The van der Waals surface area contributed by atoms with Gasteiger partial charge in [0.2, 0.25) is 0 Å². The van der Waals surface area contributed by atoms with E-state index >= 15 is 0 Å². The van der Waals surface area contributed by atoms with Crippen molar-refractivity contribution in [1.29, 1.82) is 0 Å². The fraction of sp³-hybridized carbons (Fsp3) is 0.357. The Kier molecular flexibility index (Phi) is 3.39. The fourth-order valence-corrected chi connectivity index (χ4v) is 2.06. The highest BCUT2D eigenvalue weighted by Gasteiger charge is 2.09. The lowest BCUT2D eigenvalue weighted by Crippen LogP contribution is -2.18. The smallest absolute Gasteiger partial charge is 0.253 e. The summed E-state index contributed by atoms with van der Waals surface area (Å²) in [6.07, 6.45) is 0.125. The van der Waals surface area contributed by atoms with Crippen molar-refractivity contribution in [2.45, 2.75) is 33.4 Å². The first-order chi connectivity index (χ1) is 8.52. The molecule has 4 heteroatoms. The summed E-state index contributed by atoms with van der Waals surface area (Å²) in [5.41, 5.74) is 7.86. The standard InChI is InChI=1S/C14H18N2O2/c1-8(2)18-10-4-5-13-11(6-10)9(3)12(7-15)14(17)16-13/h4-6,8H,7,15H2,1-3H3,(H,16,17). The maximum Gasteiger partial charge on any atom is 0.253 e. The minimum Gasteiger partial charge on any atom is -0.491 e. The zero-order valence-electron chi connectivity index (χ0n) is 10.9. The van der Waals surface area contributed by atoms with E-state index in [0.717, 1.165) is 22.2 Å². The first-order valence-corrected chi connectivity index (χ1v) is 6.05. The number of nitrogens with two attached hydrogens (primary N) is 1. The summed E-state index contributed by atoms with van der Waals surface area (Å²) in [7, 11) is 0. The van der Waals surface area contributed by atoms with E-state index < -0.39 is 0 Å². The molecule has 0 atom stereocenters. The molecule has 1 aromatic carbocycles. The molecule has 0 saturated carbocycles. The molecule has 96 valence electrons. The van der Waals surface area contributed by atoms with Crippen molar-refractivity contribution in [1.82, 2.24) is 4.98 Å². The Morgan fingerprint density at radius 1 is 1.39 bits per heavy atom. The zero-order chi connectivity index (χ0) is 13.3. The third-order valence-corrected chi connectivity index (χ3v) is 2.95. The number of pyridine rings is 1. The van der Waals surface area contributed by atoms with Crippen LogP contribution in [0.4, 0.5) is 0 Å². The molecule has 0 saturated heterocycles. The Hall–Kier alpha value is -1.81. The third-order valence-electron chi connectivity index (χ3n) is 2.95. The molecule has 1 aromatic heterocycles. The molecule has 18 heavy (non-hydrogen) atoms. The zero-order valence-corrected chi connectivity index (χ0v) is 10.9. The first kappa shape index (κ1) is 12.6. The largest absolute Gasteiger partial charge is 0.491 e. The lowest BCUT2D eigenvalue weighted by Gasteiger charge is -2.12. The summed E-state index contributed by atoms with van der Waals surface area (Å²) in [4.78, 5) is 14.6. The number of hydrogen-bond donors (Lipinski definition) is 2. The van der Waals surface area contributed by atoms with Crippen LogP contribution in [-0.2, 0) is 6.54 Å². The Morgan fingerprint density at radius 3 is 2.72 bits per heavy atom. The molecule has 0 aliphatic carbocycles. The number of ether oxygens (including phenoxy) is 1. The van der Waals surface area contributed by atoms with Crippen LogP contribution in [0.1, 0.15) is 25.0 Å². The number of aromatic nitrogens is 1. The predicted octanol–water partition coefficient (Wildman–Crippen LogP) is 2.08. The van der Waals surface area contributed by atoms with Crippen LogP contribution in [0.25, 0.3) is 10.9 Å². The summed E-state index contributed by atoms with van der Waals surface area (Å²) < 4.78 is 5.66. The molecule has 1 heterocycles. The van der Waals surface area contributed by atoms with Gasteiger partial charge in [-0.2, -0.15) is 0 Å². The highest BCUT2D eigenvalue weighted by molar-refractivity contribution is 5.84. The molecule has 2 rings (SSSR count). The van der Waals surface area contributed by atoms with Crippen molar-refractivity contribution in [2.75, 3.05) is 0 Å². The Balaban J connectivity index is 2.64. The van der Waals surface area contributed by atoms with Crippen LogP contribution in [0.2, 0.25) is 0 Å². The summed E-state index contributed by atoms with van der Waals surface area (Å²) in [5.74, 6) is 0.802. The van der Waals surface area contributed by atoms with Crippen molar-refractivity contribution in [2.24, 2.45) is 5.73 Å². The number of H-pyrrole nitrogens is 1. The Bertz CT molecular complexity index is 629. The summed E-state index contributed by atoms with van der Waals surface area (Å²) in [5, 5.41) is 0.980. The van der Waals surface area contributed by atoms with Gasteiger partial charge in [-0.15, -0.1) is 0 Å². The van der Waals surface area contributed by atoms with E-state index in [1.165, 1.54) is 0 Å². The minimum absolute atomic E-state index is 0.111. The van der Waals surface area contributed by atoms with Crippen molar-refractivity contribution >= 4 is 10.9 Å². The average molecular weight is 246 g/mol. The number of fused-ring (bicyclic) bond motifs is 1. The second kappa shape index (κ2) is 4.82. The number of aromatic amines is 1. The molecule has 3 N–H and O–H groups in total. The van der Waals surface area contributed by atoms with Gasteiger partial charge < -0.3 is 15.5 Å². The number of nitrogens with one attached hydrogen (secondary N) is 1. The highest BCUT2D eigenvalue weighted by Crippen LogP contribution is 2.23. The third kappa shape index (κ3) is 2.24. The van der Waals surface area contributed by atoms with E-state index in [4.69, 9.17) is 10.5 Å². The predicted molar refractivity (Wildman–Crippen MR) is 73.0 cm³/mol. The molecular weight excluding hydrogens is 228 g/mol. The van der Waals surface area contributed by atoms with Crippen LogP contribution in [0.3, 0.4) is 0 Å². The SMILES string of the molecule is Cc1c(CN)c(=O)[nH]c2ccc(OC(C)C)cc12. The monoisotopic (exact) mass is 246 g/mol. The van der Waals surface area contributed by atoms with Crippen molar-refractivity contribution in [3.05, 3.63) is 39.7 Å². The van der Waals surface area contributed by atoms with Crippen molar-refractivity contribution in [3.8, 4) is 5.75 Å². The Morgan fingerprint density at radius 2 is 2.11 bits per heavy atom. The molecular formula is C14H18N2O2. The van der Waals surface area contributed by atoms with Crippen LogP contribution in [0.15, 0.2) is 23.0 Å². The van der Waals surface area contributed by atoms with Gasteiger partial charge in [0.1, 0.15) is 5.75 Å². The van der Waals surface area contributed by atoms with Gasteiger partial charge in [-0.3, -0.25) is 4.79 Å². The van der Waals surface area contributed by atoms with Crippen LogP contribution in [-0.4, -0.2) is 11.1 Å². The van der Waals surface area contributed by atoms with E-state index in [1.54, 1.807) is 0 Å². The van der Waals surface area contributed by atoms with Crippen LogP contribution in [0.5, 0.6) is 5.75 Å². The lowest BCUT2D eigenvalue weighted by atomic mass is 10.0. The van der Waals surface area contributed by atoms with Crippen molar-refractivity contribution in [3.63, 3.8) is 0 Å². The molecule has 0 amide bonds. The average Bonchev–Trinajstić information content (AvgIpc) is 2.30. The molecule has 0 unspecified atom stereocenters. The van der Waals surface area contributed by atoms with E-state index in [-0.39, 0.29) is 18.2 Å². The van der Waals surface area contributed by atoms with Crippen LogP contribution >= 0.6 is 0 Å². The van der Waals surface area contributed by atoms with Gasteiger partial charge in [0.05, 0.1) is 6.10 Å². The van der Waals surface area contributed by atoms with E-state index in [1.807, 2.05) is 39.0 Å². The molecule has 0 bridgehead atoms. The number of aryl methyl sites for hydroxylation is 1. The molecule has 0 fully saturated rings. The number of hydrogen-bond acceptors (Lipinski definition) is 3. The summed E-state index contributed by atoms with van der Waals surface area (Å²) in [6, 6.07) is 5.67. The van der Waals surface area contributed by atoms with Gasteiger partial charge >= 0.3 is 0 Å². The fourth-order valence-electron chi connectivity index (χ4n) is 2.06. The van der Waals surface area contributed by atoms with Gasteiger partial charge in [-0.25, -0.2) is 0 Å². The lowest BCUT2D eigenvalue weighted by molar-refractivity contribution is 0.243. The van der Waals surface area contributed by atoms with Gasteiger partial charge in [-0.05, 0) is 44.5 Å². The second-order valence-corrected chi connectivity index (χ2v) is 4.64. The highest BCUT2D eigenvalue weighted by atomic mass is 16.5. The van der Waals surface area contributed by atoms with Crippen molar-refractivity contribution < 1.29 is 4.74 Å². The van der Waals surface area contributed by atoms with E-state index in [0.29, 0.717) is 5.56 Å². The van der Waals surface area contributed by atoms with Gasteiger partial charge in [0, 0.05) is 23.0 Å². The molecule has 0 aliphatic heterocycles. The summed E-state index contributed by atoms with van der Waals surface area (Å²) >= 11 is 0. The molecule has 0 spiro atoms. The maximum absolute atomic E-state index is 11.8. The van der Waals surface area contributed by atoms with Gasteiger partial charge in [-0.1, -0.05) is 0 Å². The molecule has 0 radical (unpaired) electrons. The maximum atomic E-state index is 11.8. The normalized spacial score (nSPS) is 11.2. The minimum atomic E-state index is -0.111. The van der Waals surface area contributed by atoms with Gasteiger partial charge in [0.15, 0.2) is 0 Å². The topological polar surface area (TPSA) is 68.1 Å². The van der Waals surface area contributed by atoms with Gasteiger partial charge in [0.25, 0.3) is 5.56 Å². The Labute approximate surface area is 106 Å². The summed E-state index contributed by atoms with van der Waals surface area (Å²) in [6.45, 7) is 6.12. The molecule has 0 aliphatic rings. The quantitative estimate of drug-likeness (QED) is 0.871. The molecule has 2 aromatic rings. The van der Waals surface area contributed by atoms with E-state index in [9.17, 15) is 4.79 Å². The molecule has 4 nitrogen and oxygen atoms in total. The second-order valence-electron chi connectivity index (χ2n) is 4.64. The first-order valence-electron chi connectivity index (χ1n) is 6.05.